The molecule has 0 saturated carbocycles. The summed E-state index contributed by atoms with van der Waals surface area (Å²) in [7, 11) is -3.80. The number of amides is 1. The van der Waals surface area contributed by atoms with Crippen LogP contribution in [0, 0.1) is 19.8 Å². The fraction of sp³-hybridized carbons (Fsp3) is 0.458. The predicted molar refractivity (Wildman–Crippen MR) is 125 cm³/mol. The van der Waals surface area contributed by atoms with Crippen molar-refractivity contribution in [3.63, 3.8) is 0 Å². The lowest BCUT2D eigenvalue weighted by Crippen LogP contribution is -2.38. The maximum atomic E-state index is 12.9. The smallest absolute Gasteiger partial charge is 0.261 e. The molecular weight excluding hydrogens is 410 g/mol. The monoisotopic (exact) mass is 443 g/mol. The number of sulfonamides is 1. The van der Waals surface area contributed by atoms with Gasteiger partial charge in [-0.2, -0.15) is 0 Å². The van der Waals surface area contributed by atoms with Crippen LogP contribution in [0.1, 0.15) is 47.7 Å². The molecule has 1 heterocycles. The Balaban J connectivity index is 1.66. The van der Waals surface area contributed by atoms with Crippen molar-refractivity contribution in [3.8, 4) is 0 Å². The third kappa shape index (κ3) is 6.31. The van der Waals surface area contributed by atoms with Gasteiger partial charge in [0.05, 0.1) is 10.6 Å². The molecule has 1 saturated heterocycles. The molecule has 0 aliphatic carbocycles. The lowest BCUT2D eigenvalue weighted by atomic mass is 10.1. The van der Waals surface area contributed by atoms with Crippen molar-refractivity contribution in [1.82, 2.24) is 10.2 Å². The van der Waals surface area contributed by atoms with Gasteiger partial charge in [0.15, 0.2) is 0 Å². The molecule has 1 amide bonds. The van der Waals surface area contributed by atoms with Gasteiger partial charge in [-0.3, -0.25) is 9.52 Å². The van der Waals surface area contributed by atoms with Crippen molar-refractivity contribution in [2.75, 3.05) is 30.9 Å². The molecule has 1 fully saturated rings. The number of carbonyl (C=O) groups is 1. The minimum absolute atomic E-state index is 0.0767. The highest BCUT2D eigenvalue weighted by Crippen LogP contribution is 2.21. The van der Waals surface area contributed by atoms with Crippen molar-refractivity contribution < 1.29 is 13.2 Å². The highest BCUT2D eigenvalue weighted by molar-refractivity contribution is 7.92. The highest BCUT2D eigenvalue weighted by atomic mass is 32.2. The number of para-hydroxylation sites is 1. The summed E-state index contributed by atoms with van der Waals surface area (Å²) in [4.78, 5) is 15.3. The van der Waals surface area contributed by atoms with Gasteiger partial charge in [0.1, 0.15) is 0 Å². The molecule has 168 valence electrons. The second-order valence-electron chi connectivity index (χ2n) is 8.57. The van der Waals surface area contributed by atoms with Crippen LogP contribution in [0.3, 0.4) is 0 Å². The Morgan fingerprint density at radius 2 is 1.74 bits per heavy atom. The number of hydrogen-bond donors (Lipinski definition) is 2. The summed E-state index contributed by atoms with van der Waals surface area (Å²) >= 11 is 0. The molecule has 1 aliphatic rings. The predicted octanol–water partition coefficient (Wildman–Crippen LogP) is 3.96. The molecular formula is C24H33N3O3S. The van der Waals surface area contributed by atoms with Crippen molar-refractivity contribution in [3.05, 3.63) is 59.2 Å². The van der Waals surface area contributed by atoms with Crippen LogP contribution in [0.15, 0.2) is 47.4 Å². The fourth-order valence-electron chi connectivity index (χ4n) is 3.91. The number of piperidine rings is 1. The second kappa shape index (κ2) is 10.3. The van der Waals surface area contributed by atoms with Crippen LogP contribution in [0.4, 0.5) is 5.69 Å². The van der Waals surface area contributed by atoms with E-state index in [0.717, 1.165) is 30.8 Å². The molecule has 0 radical (unpaired) electrons. The third-order valence-electron chi connectivity index (χ3n) is 5.78. The van der Waals surface area contributed by atoms with Crippen LogP contribution >= 0.6 is 0 Å². The number of rotatable bonds is 8. The van der Waals surface area contributed by atoms with Gasteiger partial charge in [-0.15, -0.1) is 0 Å². The van der Waals surface area contributed by atoms with E-state index >= 15 is 0 Å². The van der Waals surface area contributed by atoms with Crippen molar-refractivity contribution >= 4 is 21.6 Å². The summed E-state index contributed by atoms with van der Waals surface area (Å²) in [5, 5.41) is 2.99. The molecule has 1 unspecified atom stereocenters. The average Bonchev–Trinajstić information content (AvgIpc) is 2.74. The summed E-state index contributed by atoms with van der Waals surface area (Å²) in [6, 6.07) is 11.9. The quantitative estimate of drug-likeness (QED) is 0.647. The Bertz CT molecular complexity index is 1010. The third-order valence-corrected chi connectivity index (χ3v) is 7.15. The number of nitrogens with zero attached hydrogens (tertiary/aromatic N) is 1. The summed E-state index contributed by atoms with van der Waals surface area (Å²) in [5.74, 6) is 0.0907. The van der Waals surface area contributed by atoms with Crippen LogP contribution in [-0.2, 0) is 10.0 Å². The summed E-state index contributed by atoms with van der Waals surface area (Å²) in [6.07, 6.45) is 3.80. The minimum atomic E-state index is -3.80. The first-order valence-electron chi connectivity index (χ1n) is 11.0. The number of anilines is 1. The molecule has 7 heteroatoms. The second-order valence-corrected chi connectivity index (χ2v) is 10.3. The van der Waals surface area contributed by atoms with E-state index in [4.69, 9.17) is 0 Å². The normalized spacial score (nSPS) is 16.0. The first-order valence-corrected chi connectivity index (χ1v) is 12.4. The lowest BCUT2D eigenvalue weighted by Gasteiger charge is -2.29. The standard InChI is InChI=1S/C24H33N3O3S/c1-18(17-27-13-7-4-8-14-27)16-25-24(28)22-15-21(12-11-19(22)2)31(29,30)26-23-10-6-5-9-20(23)3/h5-6,9-12,15,18,26H,4,7-8,13-14,16-17H2,1-3H3,(H,25,28). The van der Waals surface area contributed by atoms with E-state index in [9.17, 15) is 13.2 Å². The topological polar surface area (TPSA) is 78.5 Å². The molecule has 2 N–H and O–H groups in total. The summed E-state index contributed by atoms with van der Waals surface area (Å²) < 4.78 is 28.4. The maximum Gasteiger partial charge on any atom is 0.261 e. The molecule has 31 heavy (non-hydrogen) atoms. The Hall–Kier alpha value is -2.38. The summed E-state index contributed by atoms with van der Waals surface area (Å²) in [6.45, 7) is 9.58. The van der Waals surface area contributed by atoms with Gasteiger partial charge in [0.25, 0.3) is 15.9 Å². The Kier molecular flexibility index (Phi) is 7.73. The van der Waals surface area contributed by atoms with E-state index in [0.29, 0.717) is 23.7 Å². The van der Waals surface area contributed by atoms with Crippen molar-refractivity contribution in [2.45, 2.75) is 44.9 Å². The van der Waals surface area contributed by atoms with Crippen LogP contribution in [0.5, 0.6) is 0 Å². The average molecular weight is 444 g/mol. The lowest BCUT2D eigenvalue weighted by molar-refractivity contribution is 0.0941. The molecule has 1 aliphatic heterocycles. The summed E-state index contributed by atoms with van der Waals surface area (Å²) in [5.41, 5.74) is 2.49. The van der Waals surface area contributed by atoms with E-state index in [1.165, 1.54) is 31.4 Å². The van der Waals surface area contributed by atoms with Gasteiger partial charge in [-0.05, 0) is 75.0 Å². The van der Waals surface area contributed by atoms with Gasteiger partial charge >= 0.3 is 0 Å². The number of benzene rings is 2. The molecule has 3 rings (SSSR count). The SMILES string of the molecule is Cc1ccccc1NS(=O)(=O)c1ccc(C)c(C(=O)NCC(C)CN2CCCCC2)c1. The van der Waals surface area contributed by atoms with Gasteiger partial charge < -0.3 is 10.2 Å². The number of nitrogens with one attached hydrogen (secondary N) is 2. The molecule has 0 bridgehead atoms. The van der Waals surface area contributed by atoms with Gasteiger partial charge in [-0.25, -0.2) is 8.42 Å². The van der Waals surface area contributed by atoms with Gasteiger partial charge in [-0.1, -0.05) is 37.6 Å². The Labute approximate surface area is 186 Å². The first-order chi connectivity index (χ1) is 14.8. The van der Waals surface area contributed by atoms with Gasteiger partial charge in [0, 0.05) is 18.7 Å². The number of likely N-dealkylation sites (tertiary alicyclic amines) is 1. The highest BCUT2D eigenvalue weighted by Gasteiger charge is 2.20. The number of hydrogen-bond acceptors (Lipinski definition) is 4. The molecule has 0 aromatic heterocycles. The molecule has 6 nitrogen and oxygen atoms in total. The minimum Gasteiger partial charge on any atom is -0.352 e. The zero-order valence-corrected chi connectivity index (χ0v) is 19.5. The van der Waals surface area contributed by atoms with E-state index in [-0.39, 0.29) is 10.8 Å². The van der Waals surface area contributed by atoms with Crippen LogP contribution in [0.25, 0.3) is 0 Å². The van der Waals surface area contributed by atoms with Crippen molar-refractivity contribution in [1.29, 1.82) is 0 Å². The van der Waals surface area contributed by atoms with Gasteiger partial charge in [0.2, 0.25) is 0 Å². The first kappa shape index (κ1) is 23.3. The molecule has 1 atom stereocenters. The largest absolute Gasteiger partial charge is 0.352 e. The van der Waals surface area contributed by atoms with Crippen molar-refractivity contribution in [2.24, 2.45) is 5.92 Å². The van der Waals surface area contributed by atoms with E-state index < -0.39 is 10.0 Å². The number of carbonyl (C=O) groups excluding carboxylic acids is 1. The van der Waals surface area contributed by atoms with E-state index in [1.807, 2.05) is 26.0 Å². The fourth-order valence-corrected chi connectivity index (χ4v) is 5.07. The maximum absolute atomic E-state index is 12.9. The van der Waals surface area contributed by atoms with Crippen LogP contribution in [0.2, 0.25) is 0 Å². The molecule has 2 aromatic rings. The molecule has 2 aromatic carbocycles. The Morgan fingerprint density at radius 3 is 2.45 bits per heavy atom. The number of aryl methyl sites for hydroxylation is 2. The Morgan fingerprint density at radius 1 is 1.03 bits per heavy atom. The zero-order valence-electron chi connectivity index (χ0n) is 18.6. The van der Waals surface area contributed by atoms with Crippen LogP contribution < -0.4 is 10.0 Å². The zero-order chi connectivity index (χ0) is 22.4. The van der Waals surface area contributed by atoms with E-state index in [2.05, 4.69) is 21.9 Å². The molecule has 0 spiro atoms. The van der Waals surface area contributed by atoms with E-state index in [1.54, 1.807) is 18.2 Å². The van der Waals surface area contributed by atoms with Crippen LogP contribution in [-0.4, -0.2) is 45.4 Å².